The molecule has 1 N–H and O–H groups in total. The average molecular weight is 349 g/mol. The van der Waals surface area contributed by atoms with Gasteiger partial charge in [-0.15, -0.1) is 11.3 Å². The highest BCUT2D eigenvalue weighted by atomic mass is 32.1. The maximum Gasteiger partial charge on any atom is 0.310 e. The number of ether oxygens (including phenoxy) is 1. The van der Waals surface area contributed by atoms with Gasteiger partial charge in [0.15, 0.2) is 10.9 Å². The highest BCUT2D eigenvalue weighted by Crippen LogP contribution is 2.24. The second-order valence-electron chi connectivity index (χ2n) is 6.01. The molecule has 3 rings (SSSR count). The minimum atomic E-state index is -0.143. The van der Waals surface area contributed by atoms with Gasteiger partial charge in [0.2, 0.25) is 0 Å². The summed E-state index contributed by atoms with van der Waals surface area (Å²) in [6.07, 6.45) is 4.00. The smallest absolute Gasteiger partial charge is 0.310 e. The van der Waals surface area contributed by atoms with Gasteiger partial charge in [-0.3, -0.25) is 9.20 Å². The van der Waals surface area contributed by atoms with Crippen LogP contribution in [-0.4, -0.2) is 53.0 Å². The fraction of sp³-hybridized carbons (Fsp3) is 0.562. The number of rotatable bonds is 4. The number of nitrogens with zero attached hydrogens (tertiary/aromatic N) is 4. The first-order valence-electron chi connectivity index (χ1n) is 8.14. The molecule has 1 saturated heterocycles. The lowest BCUT2D eigenvalue weighted by Gasteiger charge is -2.21. The number of thiazole rings is 1. The van der Waals surface area contributed by atoms with Gasteiger partial charge in [-0.2, -0.15) is 0 Å². The molecule has 0 saturated carbocycles. The minimum Gasteiger partial charge on any atom is -0.469 e. The van der Waals surface area contributed by atoms with E-state index in [2.05, 4.69) is 22.1 Å². The number of hydrogen-bond donors (Lipinski definition) is 1. The molecule has 24 heavy (non-hydrogen) atoms. The second-order valence-corrected chi connectivity index (χ2v) is 6.88. The van der Waals surface area contributed by atoms with Crippen LogP contribution in [0.15, 0.2) is 22.8 Å². The van der Waals surface area contributed by atoms with Gasteiger partial charge in [0.25, 0.3) is 0 Å². The molecule has 2 unspecified atom stereocenters. The Morgan fingerprint density at radius 1 is 1.54 bits per heavy atom. The van der Waals surface area contributed by atoms with Crippen LogP contribution in [0, 0.1) is 11.8 Å². The number of aromatic nitrogens is 2. The topological polar surface area (TPSA) is 71.2 Å². The van der Waals surface area contributed by atoms with E-state index in [4.69, 9.17) is 9.73 Å². The second kappa shape index (κ2) is 7.21. The average Bonchev–Trinajstić information content (AvgIpc) is 3.25. The van der Waals surface area contributed by atoms with Crippen LogP contribution in [0.3, 0.4) is 0 Å². The van der Waals surface area contributed by atoms with Crippen molar-refractivity contribution in [2.24, 2.45) is 16.8 Å². The number of carbonyl (C=O) groups is 1. The Labute approximate surface area is 145 Å². The Hall–Kier alpha value is -2.09. The number of likely N-dealkylation sites (tertiary alicyclic amines) is 1. The van der Waals surface area contributed by atoms with Crippen molar-refractivity contribution in [2.75, 3.05) is 26.7 Å². The molecular formula is C16H23N5O2S. The molecule has 7 nitrogen and oxygen atoms in total. The number of fused-ring (bicyclic) bond motifs is 1. The largest absolute Gasteiger partial charge is 0.469 e. The van der Waals surface area contributed by atoms with E-state index in [0.29, 0.717) is 13.1 Å². The summed E-state index contributed by atoms with van der Waals surface area (Å²) < 4.78 is 6.92. The predicted molar refractivity (Wildman–Crippen MR) is 94.1 cm³/mol. The van der Waals surface area contributed by atoms with Gasteiger partial charge in [0.1, 0.15) is 0 Å². The number of hydrogen-bond acceptors (Lipinski definition) is 5. The van der Waals surface area contributed by atoms with E-state index in [1.807, 2.05) is 29.1 Å². The zero-order chi connectivity index (χ0) is 17.1. The Morgan fingerprint density at radius 2 is 2.38 bits per heavy atom. The predicted octanol–water partition coefficient (Wildman–Crippen LogP) is 1.60. The molecule has 8 heteroatoms. The van der Waals surface area contributed by atoms with Crippen LogP contribution in [-0.2, 0) is 16.1 Å². The molecule has 1 fully saturated rings. The van der Waals surface area contributed by atoms with E-state index in [1.165, 1.54) is 7.11 Å². The molecule has 0 aliphatic carbocycles. The van der Waals surface area contributed by atoms with Gasteiger partial charge in [-0.05, 0) is 12.8 Å². The van der Waals surface area contributed by atoms with Crippen molar-refractivity contribution in [1.82, 2.24) is 19.6 Å². The van der Waals surface area contributed by atoms with Crippen molar-refractivity contribution in [3.8, 4) is 0 Å². The number of nitrogens with one attached hydrogen (secondary N) is 1. The first-order chi connectivity index (χ1) is 11.6. The van der Waals surface area contributed by atoms with Crippen LogP contribution >= 0.6 is 11.3 Å². The third-order valence-electron chi connectivity index (χ3n) is 4.28. The maximum atomic E-state index is 11.9. The first kappa shape index (κ1) is 16.8. The molecule has 0 spiro atoms. The van der Waals surface area contributed by atoms with Gasteiger partial charge in [-0.25, -0.2) is 9.98 Å². The third kappa shape index (κ3) is 3.38. The van der Waals surface area contributed by atoms with E-state index in [1.54, 1.807) is 11.3 Å². The van der Waals surface area contributed by atoms with Gasteiger partial charge >= 0.3 is 5.97 Å². The molecule has 3 heterocycles. The number of esters is 1. The molecule has 0 radical (unpaired) electrons. The summed E-state index contributed by atoms with van der Waals surface area (Å²) in [6, 6.07) is 0. The summed E-state index contributed by atoms with van der Waals surface area (Å²) in [5.41, 5.74) is 0.939. The summed E-state index contributed by atoms with van der Waals surface area (Å²) in [7, 11) is 1.45. The molecule has 1 aliphatic heterocycles. The number of methoxy groups -OCH3 is 1. The van der Waals surface area contributed by atoms with E-state index in [0.717, 1.165) is 29.7 Å². The molecule has 1 aliphatic rings. The molecule has 0 aromatic carbocycles. The van der Waals surface area contributed by atoms with Crippen molar-refractivity contribution >= 4 is 28.2 Å². The summed E-state index contributed by atoms with van der Waals surface area (Å²) in [6.45, 7) is 6.85. The van der Waals surface area contributed by atoms with E-state index < -0.39 is 0 Å². The molecule has 2 aromatic heterocycles. The minimum absolute atomic E-state index is 0.100. The number of aliphatic imine (C=N–C) groups is 1. The molecule has 0 bridgehead atoms. The molecule has 2 aromatic rings. The molecular weight excluding hydrogens is 326 g/mol. The summed E-state index contributed by atoms with van der Waals surface area (Å²) >= 11 is 1.61. The highest BCUT2D eigenvalue weighted by molar-refractivity contribution is 7.15. The number of imidazole rings is 1. The number of carbonyl (C=O) groups excluding carboxylic acids is 1. The van der Waals surface area contributed by atoms with Gasteiger partial charge in [-0.1, -0.05) is 6.92 Å². The van der Waals surface area contributed by atoms with Gasteiger partial charge < -0.3 is 15.0 Å². The van der Waals surface area contributed by atoms with Crippen LogP contribution in [0.1, 0.15) is 19.5 Å². The van der Waals surface area contributed by atoms with Gasteiger partial charge in [0, 0.05) is 37.4 Å². The van der Waals surface area contributed by atoms with Crippen molar-refractivity contribution in [1.29, 1.82) is 0 Å². The molecule has 130 valence electrons. The SMILES string of the molecule is CCNC(=NCc1cn2ccsc2n1)N1CC(C)C(C(=O)OC)C1. The lowest BCUT2D eigenvalue weighted by Crippen LogP contribution is -2.40. The Balaban J connectivity index is 1.71. The van der Waals surface area contributed by atoms with Crippen LogP contribution in [0.5, 0.6) is 0 Å². The van der Waals surface area contributed by atoms with Crippen molar-refractivity contribution < 1.29 is 9.53 Å². The Kier molecular flexibility index (Phi) is 5.03. The zero-order valence-electron chi connectivity index (χ0n) is 14.2. The fourth-order valence-corrected chi connectivity index (χ4v) is 3.75. The standard InChI is InChI=1S/C16H23N5O2S/c1-4-17-15(21-8-11(2)13(10-21)14(22)23-3)18-7-12-9-20-5-6-24-16(20)19-12/h5-6,9,11,13H,4,7-8,10H2,1-3H3,(H,17,18). The van der Waals surface area contributed by atoms with E-state index in [-0.39, 0.29) is 17.8 Å². The summed E-state index contributed by atoms with van der Waals surface area (Å²) in [4.78, 5) is 24.2. The normalized spacial score (nSPS) is 21.5. The monoisotopic (exact) mass is 349 g/mol. The van der Waals surface area contributed by atoms with Gasteiger partial charge in [0.05, 0.1) is 25.3 Å². The summed E-state index contributed by atoms with van der Waals surface area (Å²) in [5.74, 6) is 0.832. The quantitative estimate of drug-likeness (QED) is 0.516. The van der Waals surface area contributed by atoms with Crippen molar-refractivity contribution in [3.05, 3.63) is 23.5 Å². The van der Waals surface area contributed by atoms with Crippen molar-refractivity contribution in [2.45, 2.75) is 20.4 Å². The van der Waals surface area contributed by atoms with E-state index in [9.17, 15) is 4.79 Å². The number of guanidine groups is 1. The van der Waals surface area contributed by atoms with Crippen LogP contribution in [0.4, 0.5) is 0 Å². The van der Waals surface area contributed by atoms with Crippen LogP contribution < -0.4 is 5.32 Å². The first-order valence-corrected chi connectivity index (χ1v) is 9.02. The highest BCUT2D eigenvalue weighted by Gasteiger charge is 2.36. The van der Waals surface area contributed by atoms with Crippen molar-refractivity contribution in [3.63, 3.8) is 0 Å². The zero-order valence-corrected chi connectivity index (χ0v) is 15.0. The Morgan fingerprint density at radius 3 is 3.08 bits per heavy atom. The fourth-order valence-electron chi connectivity index (χ4n) is 3.03. The Bertz CT molecular complexity index is 709. The lowest BCUT2D eigenvalue weighted by molar-refractivity contribution is -0.145. The third-order valence-corrected chi connectivity index (χ3v) is 5.06. The van der Waals surface area contributed by atoms with Crippen LogP contribution in [0.25, 0.3) is 4.96 Å². The van der Waals surface area contributed by atoms with E-state index >= 15 is 0 Å². The maximum absolute atomic E-state index is 11.9. The molecule has 2 atom stereocenters. The molecule has 0 amide bonds. The summed E-state index contributed by atoms with van der Waals surface area (Å²) in [5, 5.41) is 5.32. The lowest BCUT2D eigenvalue weighted by atomic mass is 9.99. The van der Waals surface area contributed by atoms with Crippen LogP contribution in [0.2, 0.25) is 0 Å².